The highest BCUT2D eigenvalue weighted by Crippen LogP contribution is 2.21. The van der Waals surface area contributed by atoms with Gasteiger partial charge in [0.15, 0.2) is 0 Å². The fourth-order valence-electron chi connectivity index (χ4n) is 1.75. The van der Waals surface area contributed by atoms with Crippen LogP contribution in [0.1, 0.15) is 30.9 Å². The zero-order valence-corrected chi connectivity index (χ0v) is 13.1. The van der Waals surface area contributed by atoms with Crippen LogP contribution in [0.25, 0.3) is 0 Å². The molecule has 0 atom stereocenters. The minimum Gasteiger partial charge on any atom is -0.488 e. The number of rotatable bonds is 4. The van der Waals surface area contributed by atoms with E-state index < -0.39 is 0 Å². The van der Waals surface area contributed by atoms with Crippen molar-refractivity contribution in [3.63, 3.8) is 0 Å². The molecule has 0 heterocycles. The molecule has 0 fully saturated rings. The van der Waals surface area contributed by atoms with E-state index in [-0.39, 0.29) is 0 Å². The van der Waals surface area contributed by atoms with Gasteiger partial charge in [0.25, 0.3) is 0 Å². The minimum absolute atomic E-state index is 0.536. The van der Waals surface area contributed by atoms with Crippen molar-refractivity contribution >= 4 is 15.9 Å². The first-order valence-corrected chi connectivity index (χ1v) is 7.54. The van der Waals surface area contributed by atoms with Crippen LogP contribution in [0.15, 0.2) is 53.0 Å². The second kappa shape index (κ2) is 7.77. The Bertz CT molecular complexity index is 623. The van der Waals surface area contributed by atoms with Gasteiger partial charge in [-0.15, -0.1) is 0 Å². The predicted molar refractivity (Wildman–Crippen MR) is 86.7 cm³/mol. The molecule has 20 heavy (non-hydrogen) atoms. The Labute approximate surface area is 129 Å². The van der Waals surface area contributed by atoms with E-state index in [0.717, 1.165) is 34.2 Å². The lowest BCUT2D eigenvalue weighted by molar-refractivity contribution is 0.304. The molecule has 0 bridgehead atoms. The topological polar surface area (TPSA) is 9.23 Å². The van der Waals surface area contributed by atoms with Crippen molar-refractivity contribution in [2.75, 3.05) is 0 Å². The SMILES string of the molecule is CCCC#Cc1ccccc1OCc1ccccc1Br. The van der Waals surface area contributed by atoms with Crippen LogP contribution in [0.4, 0.5) is 0 Å². The Kier molecular flexibility index (Phi) is 5.70. The second-order valence-corrected chi connectivity index (χ2v) is 5.28. The first-order valence-electron chi connectivity index (χ1n) is 6.75. The predicted octanol–water partition coefficient (Wildman–Crippen LogP) is 5.18. The zero-order valence-electron chi connectivity index (χ0n) is 11.5. The largest absolute Gasteiger partial charge is 0.488 e. The maximum Gasteiger partial charge on any atom is 0.135 e. The van der Waals surface area contributed by atoms with Crippen LogP contribution >= 0.6 is 15.9 Å². The molecule has 0 spiro atoms. The van der Waals surface area contributed by atoms with Crippen molar-refractivity contribution in [3.05, 3.63) is 64.1 Å². The molecule has 0 unspecified atom stereocenters. The van der Waals surface area contributed by atoms with Gasteiger partial charge in [-0.2, -0.15) is 0 Å². The Hall–Kier alpha value is -1.72. The smallest absolute Gasteiger partial charge is 0.135 e. The van der Waals surface area contributed by atoms with Crippen molar-refractivity contribution in [2.45, 2.75) is 26.4 Å². The summed E-state index contributed by atoms with van der Waals surface area (Å²) in [6, 6.07) is 16.0. The maximum absolute atomic E-state index is 5.90. The molecule has 0 aliphatic carbocycles. The van der Waals surface area contributed by atoms with Gasteiger partial charge in [0.2, 0.25) is 0 Å². The molecule has 0 aromatic heterocycles. The number of benzene rings is 2. The fraction of sp³-hybridized carbons (Fsp3) is 0.222. The third-order valence-electron chi connectivity index (χ3n) is 2.83. The first kappa shape index (κ1) is 14.7. The number of hydrogen-bond donors (Lipinski definition) is 0. The lowest BCUT2D eigenvalue weighted by Gasteiger charge is -2.09. The summed E-state index contributed by atoms with van der Waals surface area (Å²) in [5.41, 5.74) is 2.08. The number of hydrogen-bond acceptors (Lipinski definition) is 1. The van der Waals surface area contributed by atoms with E-state index in [1.165, 1.54) is 0 Å². The summed E-state index contributed by atoms with van der Waals surface area (Å²) in [7, 11) is 0. The van der Waals surface area contributed by atoms with Crippen molar-refractivity contribution in [3.8, 4) is 17.6 Å². The van der Waals surface area contributed by atoms with E-state index in [4.69, 9.17) is 4.74 Å². The molecule has 0 aliphatic rings. The Balaban J connectivity index is 2.10. The van der Waals surface area contributed by atoms with Crippen molar-refractivity contribution in [2.24, 2.45) is 0 Å². The minimum atomic E-state index is 0.536. The summed E-state index contributed by atoms with van der Waals surface area (Å²) in [5, 5.41) is 0. The lowest BCUT2D eigenvalue weighted by Crippen LogP contribution is -1.97. The Morgan fingerprint density at radius 1 is 1.05 bits per heavy atom. The van der Waals surface area contributed by atoms with Gasteiger partial charge in [0, 0.05) is 16.5 Å². The summed E-state index contributed by atoms with van der Waals surface area (Å²) in [6.45, 7) is 2.66. The molecule has 2 aromatic rings. The summed E-state index contributed by atoms with van der Waals surface area (Å²) in [6.07, 6.45) is 1.99. The van der Waals surface area contributed by atoms with Gasteiger partial charge in [-0.25, -0.2) is 0 Å². The average molecular weight is 329 g/mol. The second-order valence-electron chi connectivity index (χ2n) is 4.43. The molecule has 0 saturated carbocycles. The van der Waals surface area contributed by atoms with Gasteiger partial charge < -0.3 is 4.74 Å². The van der Waals surface area contributed by atoms with Gasteiger partial charge in [-0.3, -0.25) is 0 Å². The zero-order chi connectivity index (χ0) is 14.2. The normalized spacial score (nSPS) is 9.70. The van der Waals surface area contributed by atoms with Crippen molar-refractivity contribution in [1.82, 2.24) is 0 Å². The highest BCUT2D eigenvalue weighted by Gasteiger charge is 2.03. The molecule has 2 rings (SSSR count). The number of para-hydroxylation sites is 1. The Morgan fingerprint density at radius 2 is 1.80 bits per heavy atom. The summed E-state index contributed by atoms with van der Waals surface area (Å²) in [4.78, 5) is 0. The van der Waals surface area contributed by atoms with Gasteiger partial charge in [-0.1, -0.05) is 65.0 Å². The van der Waals surface area contributed by atoms with Gasteiger partial charge in [-0.05, 0) is 24.6 Å². The first-order chi connectivity index (χ1) is 9.81. The molecule has 0 N–H and O–H groups in total. The van der Waals surface area contributed by atoms with E-state index >= 15 is 0 Å². The van der Waals surface area contributed by atoms with Crippen LogP contribution < -0.4 is 4.74 Å². The number of unbranched alkanes of at least 4 members (excludes halogenated alkanes) is 1. The molecule has 102 valence electrons. The molecule has 0 radical (unpaired) electrons. The van der Waals surface area contributed by atoms with E-state index in [1.54, 1.807) is 0 Å². The van der Waals surface area contributed by atoms with Crippen LogP contribution in [-0.2, 0) is 6.61 Å². The maximum atomic E-state index is 5.90. The third kappa shape index (κ3) is 4.15. The summed E-state index contributed by atoms with van der Waals surface area (Å²) < 4.78 is 6.97. The van der Waals surface area contributed by atoms with Crippen LogP contribution in [0.3, 0.4) is 0 Å². The van der Waals surface area contributed by atoms with E-state index in [9.17, 15) is 0 Å². The Morgan fingerprint density at radius 3 is 2.60 bits per heavy atom. The van der Waals surface area contributed by atoms with E-state index in [1.807, 2.05) is 42.5 Å². The summed E-state index contributed by atoms with van der Waals surface area (Å²) >= 11 is 3.53. The highest BCUT2D eigenvalue weighted by atomic mass is 79.9. The van der Waals surface area contributed by atoms with Crippen LogP contribution in [0.2, 0.25) is 0 Å². The molecule has 2 aromatic carbocycles. The molecule has 2 heteroatoms. The molecule has 0 amide bonds. The third-order valence-corrected chi connectivity index (χ3v) is 3.60. The van der Waals surface area contributed by atoms with Gasteiger partial charge in [0.05, 0.1) is 5.56 Å². The molecule has 0 saturated heterocycles. The number of ether oxygens (including phenoxy) is 1. The van der Waals surface area contributed by atoms with Crippen LogP contribution in [0, 0.1) is 11.8 Å². The molecule has 0 aliphatic heterocycles. The van der Waals surface area contributed by atoms with E-state index in [0.29, 0.717) is 6.61 Å². The van der Waals surface area contributed by atoms with Crippen LogP contribution in [0.5, 0.6) is 5.75 Å². The molecular formula is C18H17BrO. The highest BCUT2D eigenvalue weighted by molar-refractivity contribution is 9.10. The van der Waals surface area contributed by atoms with Crippen molar-refractivity contribution in [1.29, 1.82) is 0 Å². The number of halogens is 1. The standard InChI is InChI=1S/C18H17BrO/c1-2-3-4-9-15-10-6-8-13-18(15)20-14-16-11-5-7-12-17(16)19/h5-8,10-13H,2-3,14H2,1H3. The lowest BCUT2D eigenvalue weighted by atomic mass is 10.2. The summed E-state index contributed by atoms with van der Waals surface area (Å²) in [5.74, 6) is 7.18. The average Bonchev–Trinajstić information content (AvgIpc) is 2.48. The van der Waals surface area contributed by atoms with Crippen LogP contribution in [-0.4, -0.2) is 0 Å². The van der Waals surface area contributed by atoms with Gasteiger partial charge in [0.1, 0.15) is 12.4 Å². The monoisotopic (exact) mass is 328 g/mol. The quantitative estimate of drug-likeness (QED) is 0.702. The molecular weight excluding hydrogens is 312 g/mol. The van der Waals surface area contributed by atoms with Crippen molar-refractivity contribution < 1.29 is 4.74 Å². The fourth-order valence-corrected chi connectivity index (χ4v) is 2.15. The molecule has 1 nitrogen and oxygen atoms in total. The van der Waals surface area contributed by atoms with Gasteiger partial charge >= 0.3 is 0 Å². The van der Waals surface area contributed by atoms with E-state index in [2.05, 4.69) is 40.8 Å².